The fraction of sp³-hybridized carbons (Fsp3) is 0.409. The number of allylic oxidation sites excluding steroid dienone is 2. The first-order valence-corrected chi connectivity index (χ1v) is 20.8. The van der Waals surface area contributed by atoms with E-state index in [-0.39, 0.29) is 48.9 Å². The number of nitrogens with two attached hydrogens (primary N) is 1. The Morgan fingerprint density at radius 3 is 1.84 bits per heavy atom. The number of fused-ring (bicyclic) bond motifs is 2. The van der Waals surface area contributed by atoms with Gasteiger partial charge in [-0.25, -0.2) is 9.97 Å². The fourth-order valence-electron chi connectivity index (χ4n) is 7.27. The summed E-state index contributed by atoms with van der Waals surface area (Å²) in [5.41, 5.74) is 11.1. The SMILES string of the molecule is CCn1nc(C)cc1C(=O)Nc1nc2cc(C(N)=O)cc(OC)c2n1C/C=C/Cn1c(NC(=O)c2cc(C)nn2CC)nc2cc(C)cc(OCCCN(C)C(=O)CC(C)OC)c21. The second-order valence-electron chi connectivity index (χ2n) is 15.3. The van der Waals surface area contributed by atoms with Gasteiger partial charge in [-0.1, -0.05) is 12.2 Å². The summed E-state index contributed by atoms with van der Waals surface area (Å²) >= 11 is 0. The van der Waals surface area contributed by atoms with Gasteiger partial charge in [-0.15, -0.1) is 0 Å². The average Bonchev–Trinajstić information content (AvgIpc) is 4.02. The Bertz CT molecular complexity index is 2690. The summed E-state index contributed by atoms with van der Waals surface area (Å²) in [5.74, 6) is -0.0743. The van der Waals surface area contributed by atoms with Crippen LogP contribution in [-0.4, -0.2) is 108 Å². The van der Waals surface area contributed by atoms with Crippen LogP contribution in [0.2, 0.25) is 0 Å². The number of imidazole rings is 2. The molecule has 0 fully saturated rings. The van der Waals surface area contributed by atoms with Crippen LogP contribution in [0, 0.1) is 20.8 Å². The first-order valence-electron chi connectivity index (χ1n) is 20.8. The summed E-state index contributed by atoms with van der Waals surface area (Å²) in [6.07, 6.45) is 4.46. The van der Waals surface area contributed by atoms with Crippen LogP contribution in [-0.2, 0) is 35.7 Å². The van der Waals surface area contributed by atoms with Gasteiger partial charge in [-0.05, 0) is 89.9 Å². The lowest BCUT2D eigenvalue weighted by Gasteiger charge is -2.19. The minimum atomic E-state index is -0.657. The van der Waals surface area contributed by atoms with E-state index in [9.17, 15) is 19.2 Å². The highest BCUT2D eigenvalue weighted by Crippen LogP contribution is 2.33. The molecule has 0 radical (unpaired) electrons. The van der Waals surface area contributed by atoms with Gasteiger partial charge in [0.2, 0.25) is 23.7 Å². The molecule has 0 aliphatic heterocycles. The van der Waals surface area contributed by atoms with Crippen molar-refractivity contribution in [1.82, 2.24) is 43.6 Å². The van der Waals surface area contributed by atoms with Crippen LogP contribution in [0.5, 0.6) is 11.5 Å². The summed E-state index contributed by atoms with van der Waals surface area (Å²) < 4.78 is 24.3. The molecule has 2 aromatic carbocycles. The molecule has 1 atom stereocenters. The second-order valence-corrected chi connectivity index (χ2v) is 15.3. The molecule has 4 N–H and O–H groups in total. The van der Waals surface area contributed by atoms with Crippen LogP contribution in [0.25, 0.3) is 22.1 Å². The molecule has 0 spiro atoms. The Labute approximate surface area is 365 Å². The first kappa shape index (κ1) is 45.5. The molecule has 0 saturated carbocycles. The van der Waals surface area contributed by atoms with E-state index in [1.165, 1.54) is 13.2 Å². The lowest BCUT2D eigenvalue weighted by molar-refractivity contribution is -0.132. The largest absolute Gasteiger partial charge is 0.494 e. The van der Waals surface area contributed by atoms with Crippen LogP contribution < -0.4 is 25.8 Å². The number of methoxy groups -OCH3 is 2. The molecule has 4 amide bonds. The van der Waals surface area contributed by atoms with Gasteiger partial charge in [-0.2, -0.15) is 10.2 Å². The monoisotopic (exact) mass is 864 g/mol. The van der Waals surface area contributed by atoms with E-state index in [4.69, 9.17) is 29.9 Å². The molecule has 0 bridgehead atoms. The molecule has 0 aliphatic rings. The molecule has 19 nitrogen and oxygen atoms in total. The first-order chi connectivity index (χ1) is 30.1. The lowest BCUT2D eigenvalue weighted by atomic mass is 10.1. The third-order valence-corrected chi connectivity index (χ3v) is 10.5. The van der Waals surface area contributed by atoms with Crippen molar-refractivity contribution in [2.24, 2.45) is 5.73 Å². The minimum absolute atomic E-state index is 0.0155. The normalized spacial score (nSPS) is 12.0. The second kappa shape index (κ2) is 19.8. The van der Waals surface area contributed by atoms with E-state index < -0.39 is 11.8 Å². The maximum Gasteiger partial charge on any atom is 0.276 e. The zero-order chi connectivity index (χ0) is 45.5. The summed E-state index contributed by atoms with van der Waals surface area (Å²) in [5, 5.41) is 14.8. The zero-order valence-electron chi connectivity index (χ0n) is 37.3. The highest BCUT2D eigenvalue weighted by atomic mass is 16.5. The number of rotatable bonds is 20. The van der Waals surface area contributed by atoms with Gasteiger partial charge in [0.15, 0.2) is 0 Å². The van der Waals surface area contributed by atoms with Crippen LogP contribution in [0.3, 0.4) is 0 Å². The van der Waals surface area contributed by atoms with Gasteiger partial charge < -0.3 is 34.0 Å². The van der Waals surface area contributed by atoms with Crippen molar-refractivity contribution >= 4 is 57.6 Å². The molecule has 6 aromatic rings. The van der Waals surface area contributed by atoms with Crippen molar-refractivity contribution in [3.05, 3.63) is 82.5 Å². The molecule has 19 heteroatoms. The van der Waals surface area contributed by atoms with E-state index in [1.54, 1.807) is 51.2 Å². The van der Waals surface area contributed by atoms with Gasteiger partial charge in [0.25, 0.3) is 11.8 Å². The van der Waals surface area contributed by atoms with E-state index >= 15 is 0 Å². The van der Waals surface area contributed by atoms with Crippen LogP contribution in [0.4, 0.5) is 11.9 Å². The summed E-state index contributed by atoms with van der Waals surface area (Å²) in [4.78, 5) is 63.7. The molecule has 1 unspecified atom stereocenters. The minimum Gasteiger partial charge on any atom is -0.494 e. The topological polar surface area (TPSA) is 221 Å². The number of anilines is 2. The predicted molar refractivity (Wildman–Crippen MR) is 238 cm³/mol. The van der Waals surface area contributed by atoms with Crippen molar-refractivity contribution in [1.29, 1.82) is 0 Å². The van der Waals surface area contributed by atoms with Crippen LogP contribution in [0.15, 0.2) is 48.6 Å². The Kier molecular flexibility index (Phi) is 14.3. The predicted octanol–water partition coefficient (Wildman–Crippen LogP) is 5.26. The number of amides is 4. The number of nitrogens with zero attached hydrogens (tertiary/aromatic N) is 9. The van der Waals surface area contributed by atoms with Crippen molar-refractivity contribution < 1.29 is 33.4 Å². The summed E-state index contributed by atoms with van der Waals surface area (Å²) in [6.45, 7) is 13.5. The summed E-state index contributed by atoms with van der Waals surface area (Å²) in [7, 11) is 4.82. The lowest BCUT2D eigenvalue weighted by Crippen LogP contribution is -2.31. The number of ether oxygens (including phenoxy) is 3. The number of aryl methyl sites for hydroxylation is 5. The number of carbonyl (C=O) groups is 4. The van der Waals surface area contributed by atoms with E-state index in [0.717, 1.165) is 5.56 Å². The number of carbonyl (C=O) groups excluding carboxylic acids is 4. The standard InChI is InChI=1S/C44H56N12O7/c1-10-55-33(21-27(4)50-55)41(59)48-43-46-31-19-26(3)20-36(63-18-14-15-52(7)37(57)23-29(6)61-8)39(31)54(43)17-13-12-16-53-38-32(24-30(40(45)58)25-35(38)62-9)47-44(53)49-42(60)34-22-28(5)51-56(34)11-2/h12-13,19-22,24-25,29H,10-11,14-18,23H2,1-9H3,(H2,45,58)(H,46,48,59)(H,47,49,60)/b13-12+. The Morgan fingerprint density at radius 2 is 1.33 bits per heavy atom. The number of hydrogen-bond acceptors (Lipinski definition) is 11. The van der Waals surface area contributed by atoms with Crippen molar-refractivity contribution in [2.45, 2.75) is 86.7 Å². The highest BCUT2D eigenvalue weighted by Gasteiger charge is 2.23. The van der Waals surface area contributed by atoms with Gasteiger partial charge in [-0.3, -0.25) is 39.2 Å². The molecule has 63 heavy (non-hydrogen) atoms. The number of primary amides is 1. The molecular weight excluding hydrogens is 809 g/mol. The molecule has 334 valence electrons. The average molecular weight is 865 g/mol. The molecule has 4 heterocycles. The summed E-state index contributed by atoms with van der Waals surface area (Å²) in [6, 6.07) is 10.4. The van der Waals surface area contributed by atoms with Crippen molar-refractivity contribution in [3.8, 4) is 11.5 Å². The fourth-order valence-corrected chi connectivity index (χ4v) is 7.27. The number of aromatic nitrogens is 8. The molecule has 0 aliphatic carbocycles. The van der Waals surface area contributed by atoms with E-state index in [1.807, 2.05) is 70.4 Å². The van der Waals surface area contributed by atoms with Crippen molar-refractivity contribution in [2.75, 3.05) is 45.1 Å². The van der Waals surface area contributed by atoms with Crippen molar-refractivity contribution in [3.63, 3.8) is 0 Å². The van der Waals surface area contributed by atoms with E-state index in [2.05, 4.69) is 20.8 Å². The molecule has 4 aromatic heterocycles. The Morgan fingerprint density at radius 1 is 0.794 bits per heavy atom. The Balaban J connectivity index is 1.34. The van der Waals surface area contributed by atoms with Gasteiger partial charge in [0.05, 0.1) is 48.7 Å². The highest BCUT2D eigenvalue weighted by molar-refractivity contribution is 6.05. The van der Waals surface area contributed by atoms with Gasteiger partial charge in [0, 0.05) is 52.4 Å². The molecular formula is C44H56N12O7. The smallest absolute Gasteiger partial charge is 0.276 e. The maximum absolute atomic E-state index is 13.8. The van der Waals surface area contributed by atoms with Crippen LogP contribution in [0.1, 0.15) is 81.9 Å². The van der Waals surface area contributed by atoms with Gasteiger partial charge in [0.1, 0.15) is 33.9 Å². The molecule has 0 saturated heterocycles. The Hall–Kier alpha value is -7.02. The third-order valence-electron chi connectivity index (χ3n) is 10.5. The number of benzene rings is 2. The molecule has 6 rings (SSSR count). The number of hydrogen-bond donors (Lipinski definition) is 3. The van der Waals surface area contributed by atoms with Gasteiger partial charge >= 0.3 is 0 Å². The van der Waals surface area contributed by atoms with Crippen LogP contribution >= 0.6 is 0 Å². The van der Waals surface area contributed by atoms with E-state index in [0.29, 0.717) is 95.0 Å². The quantitative estimate of drug-likeness (QED) is 0.0663. The third kappa shape index (κ3) is 10.2. The number of nitrogens with one attached hydrogen (secondary N) is 2. The maximum atomic E-state index is 13.8. The zero-order valence-corrected chi connectivity index (χ0v) is 37.3.